The van der Waals surface area contributed by atoms with Crippen molar-refractivity contribution in [2.24, 2.45) is 11.8 Å². The van der Waals surface area contributed by atoms with Gasteiger partial charge in [0, 0.05) is 11.8 Å². The van der Waals surface area contributed by atoms with E-state index < -0.39 is 62.0 Å². The molecule has 0 saturated heterocycles. The first kappa shape index (κ1) is 28.3. The first-order valence-corrected chi connectivity index (χ1v) is 12.0. The van der Waals surface area contributed by atoms with Crippen molar-refractivity contribution in [2.75, 3.05) is 11.5 Å². The first-order chi connectivity index (χ1) is 13.8. The normalized spacial score (nSPS) is 19.0. The third kappa shape index (κ3) is 6.01. The minimum absolute atomic E-state index is 0.307. The number of rotatable bonds is 10. The summed E-state index contributed by atoms with van der Waals surface area (Å²) in [6.07, 6.45) is -3.93. The molecule has 1 aliphatic carbocycles. The summed E-state index contributed by atoms with van der Waals surface area (Å²) in [5.41, 5.74) is 0. The van der Waals surface area contributed by atoms with Gasteiger partial charge in [-0.3, -0.25) is 4.79 Å². The number of carbonyl (C=O) groups excluding carboxylic acids is 1. The van der Waals surface area contributed by atoms with Gasteiger partial charge in [0.2, 0.25) is 5.75 Å². The second-order valence-corrected chi connectivity index (χ2v) is 11.0. The van der Waals surface area contributed by atoms with E-state index in [0.29, 0.717) is 25.7 Å². The molecule has 0 bridgehead atoms. The van der Waals surface area contributed by atoms with Gasteiger partial charge in [-0.1, -0.05) is 33.1 Å². The number of alkyl halides is 9. The van der Waals surface area contributed by atoms with Gasteiger partial charge in [0.1, 0.15) is 5.75 Å². The molecule has 1 aliphatic rings. The summed E-state index contributed by atoms with van der Waals surface area (Å²) in [6, 6.07) is 0. The van der Waals surface area contributed by atoms with E-state index in [4.69, 9.17) is 0 Å². The van der Waals surface area contributed by atoms with Crippen LogP contribution < -0.4 is 0 Å². The summed E-state index contributed by atoms with van der Waals surface area (Å²) in [5.74, 6) is -17.5. The molecule has 0 aromatic carbocycles. The fourth-order valence-corrected chi connectivity index (χ4v) is 6.58. The van der Waals surface area contributed by atoms with Crippen LogP contribution in [0.5, 0.6) is 0 Å². The van der Waals surface area contributed by atoms with Crippen molar-refractivity contribution in [3.8, 4) is 0 Å². The highest BCUT2D eigenvalue weighted by Crippen LogP contribution is 2.55. The van der Waals surface area contributed by atoms with Crippen LogP contribution in [-0.4, -0.2) is 49.0 Å². The Hall–Kier alpha value is -0.700. The minimum Gasteiger partial charge on any atom is -0.294 e. The third-order valence-electron chi connectivity index (χ3n) is 4.71. The second kappa shape index (κ2) is 9.65. The van der Waals surface area contributed by atoms with Crippen molar-refractivity contribution in [1.29, 1.82) is 0 Å². The Morgan fingerprint density at radius 2 is 1.42 bits per heavy atom. The van der Waals surface area contributed by atoms with E-state index in [2.05, 4.69) is 3.63 Å². The summed E-state index contributed by atoms with van der Waals surface area (Å²) in [4.78, 5) is 11.9. The van der Waals surface area contributed by atoms with Crippen molar-refractivity contribution in [2.45, 2.75) is 69.2 Å². The molecule has 0 radical (unpaired) electrons. The van der Waals surface area contributed by atoms with Crippen LogP contribution in [0.15, 0.2) is 0 Å². The average Bonchev–Trinajstić information content (AvgIpc) is 2.60. The average molecular weight is 513 g/mol. The first-order valence-electron chi connectivity index (χ1n) is 9.12. The highest BCUT2D eigenvalue weighted by atomic mass is 32.3. The Bertz CT molecular complexity index is 730. The molecular formula is C16H22F9O4S2+. The van der Waals surface area contributed by atoms with Gasteiger partial charge >= 0.3 is 33.4 Å². The molecule has 0 N–H and O–H groups in total. The van der Waals surface area contributed by atoms with Gasteiger partial charge in [-0.15, -0.1) is 0 Å². The zero-order chi connectivity index (χ0) is 24.5. The SMILES string of the molecule is CC(C)C(=O)C[S+](CC1CCCCC1)OS(=O)(=O)C(F)(F)C(F)(F)C(F)(F)C(F)(F)F. The molecule has 1 rings (SSSR count). The van der Waals surface area contributed by atoms with Crippen LogP contribution in [0, 0.1) is 11.8 Å². The topological polar surface area (TPSA) is 60.4 Å². The number of hydrogen-bond acceptors (Lipinski definition) is 4. The summed E-state index contributed by atoms with van der Waals surface area (Å²) in [6.45, 7) is 2.76. The molecule has 1 unspecified atom stereocenters. The number of carbonyl (C=O) groups is 1. The van der Waals surface area contributed by atoms with Crippen molar-refractivity contribution in [3.05, 3.63) is 0 Å². The summed E-state index contributed by atoms with van der Waals surface area (Å²) >= 11 is -2.25. The molecule has 1 saturated carbocycles. The maximum atomic E-state index is 13.9. The molecule has 1 atom stereocenters. The standard InChI is InChI=1S/C16H22F9O4S2/c1-10(2)12(26)9-30(8-11-6-4-3-5-7-11)29-31(27,28)16(24,25)14(19,20)13(17,18)15(21,22)23/h10-11H,3-9H2,1-2H3/q+1. The predicted molar refractivity (Wildman–Crippen MR) is 94.4 cm³/mol. The lowest BCUT2D eigenvalue weighted by molar-refractivity contribution is -0.382. The Labute approximate surface area is 176 Å². The van der Waals surface area contributed by atoms with Gasteiger partial charge in [-0.05, 0) is 16.5 Å². The molecule has 15 heteroatoms. The molecule has 0 aromatic rings. The smallest absolute Gasteiger partial charge is 0.294 e. The summed E-state index contributed by atoms with van der Waals surface area (Å²) < 4.78 is 145. The van der Waals surface area contributed by atoms with Crippen LogP contribution in [-0.2, 0) is 29.7 Å². The fourth-order valence-electron chi connectivity index (χ4n) is 2.74. The van der Waals surface area contributed by atoms with Gasteiger partial charge < -0.3 is 0 Å². The van der Waals surface area contributed by atoms with Crippen molar-refractivity contribution < 1.29 is 56.4 Å². The predicted octanol–water partition coefficient (Wildman–Crippen LogP) is 5.10. The monoisotopic (exact) mass is 513 g/mol. The van der Waals surface area contributed by atoms with Crippen LogP contribution in [0.25, 0.3) is 0 Å². The van der Waals surface area contributed by atoms with Gasteiger partial charge in [0.05, 0.1) is 0 Å². The lowest BCUT2D eigenvalue weighted by Gasteiger charge is -2.32. The highest BCUT2D eigenvalue weighted by Gasteiger charge is 2.86. The van der Waals surface area contributed by atoms with E-state index in [1.165, 1.54) is 13.8 Å². The molecule has 1 fully saturated rings. The van der Waals surface area contributed by atoms with Crippen LogP contribution in [0.2, 0.25) is 0 Å². The zero-order valence-corrected chi connectivity index (χ0v) is 18.1. The van der Waals surface area contributed by atoms with Crippen molar-refractivity contribution in [3.63, 3.8) is 0 Å². The molecule has 4 nitrogen and oxygen atoms in total. The summed E-state index contributed by atoms with van der Waals surface area (Å²) in [5, 5.41) is -6.92. The van der Waals surface area contributed by atoms with E-state index in [0.717, 1.165) is 6.42 Å². The molecular weight excluding hydrogens is 491 g/mol. The van der Waals surface area contributed by atoms with Crippen LogP contribution in [0.4, 0.5) is 39.5 Å². The van der Waals surface area contributed by atoms with E-state index >= 15 is 0 Å². The van der Waals surface area contributed by atoms with Crippen LogP contribution in [0.1, 0.15) is 46.0 Å². The van der Waals surface area contributed by atoms with Gasteiger partial charge in [-0.25, -0.2) is 0 Å². The highest BCUT2D eigenvalue weighted by molar-refractivity contribution is 8.03. The Morgan fingerprint density at radius 1 is 0.935 bits per heavy atom. The number of ketones is 1. The van der Waals surface area contributed by atoms with Gasteiger partial charge in [-0.2, -0.15) is 47.9 Å². The van der Waals surface area contributed by atoms with Crippen LogP contribution >= 0.6 is 0 Å². The van der Waals surface area contributed by atoms with Gasteiger partial charge in [0.25, 0.3) is 0 Å². The molecule has 0 aliphatic heterocycles. The lowest BCUT2D eigenvalue weighted by atomic mass is 9.91. The lowest BCUT2D eigenvalue weighted by Crippen LogP contribution is -2.63. The maximum Gasteiger partial charge on any atom is 0.460 e. The Morgan fingerprint density at radius 3 is 1.84 bits per heavy atom. The quantitative estimate of drug-likeness (QED) is 0.302. The van der Waals surface area contributed by atoms with E-state index in [-0.39, 0.29) is 11.7 Å². The molecule has 184 valence electrons. The Balaban J connectivity index is 3.24. The second-order valence-electron chi connectivity index (χ2n) is 7.56. The number of halogens is 9. The maximum absolute atomic E-state index is 13.9. The molecule has 0 aromatic heterocycles. The minimum atomic E-state index is -7.37. The van der Waals surface area contributed by atoms with Crippen molar-refractivity contribution in [1.82, 2.24) is 0 Å². The molecule has 0 amide bonds. The van der Waals surface area contributed by atoms with E-state index in [9.17, 15) is 52.7 Å². The van der Waals surface area contributed by atoms with E-state index in [1.807, 2.05) is 0 Å². The number of hydrogen-bond donors (Lipinski definition) is 0. The zero-order valence-electron chi connectivity index (χ0n) is 16.5. The van der Waals surface area contributed by atoms with E-state index in [1.54, 1.807) is 0 Å². The molecule has 0 heterocycles. The molecule has 0 spiro atoms. The number of Topliss-reactive ketones (excluding diaryl/α,β-unsaturated/α-hetero) is 1. The van der Waals surface area contributed by atoms with Crippen molar-refractivity contribution >= 4 is 27.1 Å². The Kier molecular flexibility index (Phi) is 8.82. The third-order valence-corrected chi connectivity index (χ3v) is 8.53. The largest absolute Gasteiger partial charge is 0.460 e. The fraction of sp³-hybridized carbons (Fsp3) is 0.938. The van der Waals surface area contributed by atoms with Crippen LogP contribution in [0.3, 0.4) is 0 Å². The van der Waals surface area contributed by atoms with Gasteiger partial charge in [0.15, 0.2) is 17.0 Å². The molecule has 31 heavy (non-hydrogen) atoms. The summed E-state index contributed by atoms with van der Waals surface area (Å²) in [7, 11) is -6.99.